The fraction of sp³-hybridized carbons (Fsp3) is 0.316. The van der Waals surface area contributed by atoms with Gasteiger partial charge in [0.1, 0.15) is 0 Å². The minimum absolute atomic E-state index is 0.0292. The highest BCUT2D eigenvalue weighted by molar-refractivity contribution is 5.93. The van der Waals surface area contributed by atoms with Gasteiger partial charge in [0.05, 0.1) is 5.52 Å². The van der Waals surface area contributed by atoms with Crippen LogP contribution in [0.5, 0.6) is 0 Å². The monoisotopic (exact) mass is 322 g/mol. The summed E-state index contributed by atoms with van der Waals surface area (Å²) in [5.41, 5.74) is 2.78. The molecular formula is C19H22N4O. The molecular weight excluding hydrogens is 300 g/mol. The summed E-state index contributed by atoms with van der Waals surface area (Å²) in [6.07, 6.45) is 5.88. The van der Waals surface area contributed by atoms with Gasteiger partial charge in [-0.2, -0.15) is 5.10 Å². The van der Waals surface area contributed by atoms with Gasteiger partial charge in [-0.3, -0.25) is 14.5 Å². The predicted octanol–water partition coefficient (Wildman–Crippen LogP) is 3.97. The van der Waals surface area contributed by atoms with Crippen LogP contribution in [0.25, 0.3) is 10.9 Å². The predicted molar refractivity (Wildman–Crippen MR) is 95.9 cm³/mol. The van der Waals surface area contributed by atoms with E-state index in [0.29, 0.717) is 12.5 Å². The van der Waals surface area contributed by atoms with Crippen molar-refractivity contribution in [3.63, 3.8) is 0 Å². The van der Waals surface area contributed by atoms with Crippen LogP contribution in [0.15, 0.2) is 48.8 Å². The number of nitrogens with zero attached hydrogens (tertiary/aromatic N) is 3. The van der Waals surface area contributed by atoms with Crippen molar-refractivity contribution < 1.29 is 4.79 Å². The standard InChI is InChI=1S/C19H22N4O/c1-14(2)23-13-15-12-17(9-10-18(15)22-23)21-19(24)8-5-7-16-6-3-4-11-20-16/h3-4,6,9-14H,5,7-8H2,1-2H3,(H,21,24). The topological polar surface area (TPSA) is 59.8 Å². The van der Waals surface area contributed by atoms with Crippen molar-refractivity contribution in [2.45, 2.75) is 39.2 Å². The molecule has 1 amide bonds. The molecule has 0 fully saturated rings. The zero-order valence-electron chi connectivity index (χ0n) is 14.1. The van der Waals surface area contributed by atoms with Crippen LogP contribution in [0, 0.1) is 0 Å². The van der Waals surface area contributed by atoms with Gasteiger partial charge in [-0.1, -0.05) is 6.07 Å². The number of hydrogen-bond acceptors (Lipinski definition) is 3. The number of benzene rings is 1. The van der Waals surface area contributed by atoms with Crippen LogP contribution in [0.3, 0.4) is 0 Å². The lowest BCUT2D eigenvalue weighted by Gasteiger charge is -2.05. The van der Waals surface area contributed by atoms with E-state index < -0.39 is 0 Å². The third-order valence-electron chi connectivity index (χ3n) is 3.90. The third kappa shape index (κ3) is 3.98. The zero-order chi connectivity index (χ0) is 16.9. The van der Waals surface area contributed by atoms with Gasteiger partial charge >= 0.3 is 0 Å². The van der Waals surface area contributed by atoms with Gasteiger partial charge in [0, 0.05) is 41.6 Å². The Kier molecular flexibility index (Phi) is 4.89. The molecule has 0 aliphatic heterocycles. The van der Waals surface area contributed by atoms with Crippen molar-refractivity contribution >= 4 is 22.5 Å². The van der Waals surface area contributed by atoms with E-state index in [4.69, 9.17) is 0 Å². The number of carbonyl (C=O) groups excluding carboxylic acids is 1. The first-order valence-corrected chi connectivity index (χ1v) is 8.30. The Morgan fingerprint density at radius 2 is 2.12 bits per heavy atom. The number of rotatable bonds is 6. The maximum Gasteiger partial charge on any atom is 0.224 e. The van der Waals surface area contributed by atoms with Gasteiger partial charge in [0.25, 0.3) is 0 Å². The number of hydrogen-bond donors (Lipinski definition) is 1. The Bertz CT molecular complexity index is 824. The first-order valence-electron chi connectivity index (χ1n) is 8.30. The summed E-state index contributed by atoms with van der Waals surface area (Å²) in [6, 6.07) is 12.0. The largest absolute Gasteiger partial charge is 0.326 e. The van der Waals surface area contributed by atoms with Gasteiger partial charge in [-0.15, -0.1) is 0 Å². The normalized spacial score (nSPS) is 11.1. The molecule has 0 aliphatic rings. The fourth-order valence-corrected chi connectivity index (χ4v) is 2.59. The van der Waals surface area contributed by atoms with Crippen LogP contribution in [0.1, 0.15) is 38.4 Å². The second-order valence-electron chi connectivity index (χ2n) is 6.20. The molecule has 5 nitrogen and oxygen atoms in total. The van der Waals surface area contributed by atoms with Crippen LogP contribution in [-0.4, -0.2) is 20.7 Å². The molecule has 0 saturated carbocycles. The summed E-state index contributed by atoms with van der Waals surface area (Å²) in [4.78, 5) is 16.4. The highest BCUT2D eigenvalue weighted by Gasteiger charge is 2.07. The molecule has 1 aromatic carbocycles. The molecule has 0 unspecified atom stereocenters. The van der Waals surface area contributed by atoms with Crippen molar-refractivity contribution in [3.8, 4) is 0 Å². The number of nitrogens with one attached hydrogen (secondary N) is 1. The summed E-state index contributed by atoms with van der Waals surface area (Å²) in [5.74, 6) is 0.0292. The molecule has 5 heteroatoms. The van der Waals surface area contributed by atoms with Gasteiger partial charge < -0.3 is 5.32 Å². The lowest BCUT2D eigenvalue weighted by Crippen LogP contribution is -2.11. The molecule has 2 aromatic heterocycles. The lowest BCUT2D eigenvalue weighted by atomic mass is 10.1. The minimum Gasteiger partial charge on any atom is -0.326 e. The second kappa shape index (κ2) is 7.25. The van der Waals surface area contributed by atoms with E-state index in [1.54, 1.807) is 6.20 Å². The summed E-state index contributed by atoms with van der Waals surface area (Å²) in [7, 11) is 0. The maximum atomic E-state index is 12.1. The number of aryl methyl sites for hydroxylation is 1. The number of pyridine rings is 1. The van der Waals surface area contributed by atoms with Gasteiger partial charge in [0.2, 0.25) is 5.91 Å². The van der Waals surface area contributed by atoms with Crippen molar-refractivity contribution in [2.24, 2.45) is 0 Å². The summed E-state index contributed by atoms with van der Waals surface area (Å²) >= 11 is 0. The molecule has 2 heterocycles. The third-order valence-corrected chi connectivity index (χ3v) is 3.90. The number of anilines is 1. The first-order chi connectivity index (χ1) is 11.6. The van der Waals surface area contributed by atoms with E-state index in [1.165, 1.54) is 0 Å². The summed E-state index contributed by atoms with van der Waals surface area (Å²) in [6.45, 7) is 4.19. The Morgan fingerprint density at radius 1 is 1.25 bits per heavy atom. The molecule has 0 atom stereocenters. The number of aromatic nitrogens is 3. The summed E-state index contributed by atoms with van der Waals surface area (Å²) in [5, 5.41) is 8.51. The van der Waals surface area contributed by atoms with Gasteiger partial charge in [0.15, 0.2) is 0 Å². The summed E-state index contributed by atoms with van der Waals surface area (Å²) < 4.78 is 1.93. The maximum absolute atomic E-state index is 12.1. The molecule has 0 bridgehead atoms. The SMILES string of the molecule is CC(C)n1cc2cc(NC(=O)CCCc3ccccn3)ccc2n1. The highest BCUT2D eigenvalue weighted by atomic mass is 16.1. The highest BCUT2D eigenvalue weighted by Crippen LogP contribution is 2.20. The quantitative estimate of drug-likeness (QED) is 0.747. The fourth-order valence-electron chi connectivity index (χ4n) is 2.59. The Balaban J connectivity index is 1.56. The smallest absolute Gasteiger partial charge is 0.224 e. The average molecular weight is 322 g/mol. The molecule has 0 spiro atoms. The second-order valence-corrected chi connectivity index (χ2v) is 6.20. The zero-order valence-corrected chi connectivity index (χ0v) is 14.1. The Morgan fingerprint density at radius 3 is 2.88 bits per heavy atom. The van der Waals surface area contributed by atoms with Crippen molar-refractivity contribution in [1.29, 1.82) is 0 Å². The Hall–Kier alpha value is -2.69. The molecule has 0 radical (unpaired) electrons. The van der Waals surface area contributed by atoms with Crippen LogP contribution in [0.4, 0.5) is 5.69 Å². The van der Waals surface area contributed by atoms with Crippen LogP contribution >= 0.6 is 0 Å². The van der Waals surface area contributed by atoms with Gasteiger partial charge in [-0.25, -0.2) is 0 Å². The van der Waals surface area contributed by atoms with Gasteiger partial charge in [-0.05, 0) is 57.0 Å². The Labute approximate surface area is 141 Å². The van der Waals surface area contributed by atoms with Crippen molar-refractivity contribution in [1.82, 2.24) is 14.8 Å². The molecule has 24 heavy (non-hydrogen) atoms. The van der Waals surface area contributed by atoms with Crippen LogP contribution in [-0.2, 0) is 11.2 Å². The van der Waals surface area contributed by atoms with E-state index in [1.807, 2.05) is 47.3 Å². The van der Waals surface area contributed by atoms with Crippen LogP contribution in [0.2, 0.25) is 0 Å². The van der Waals surface area contributed by atoms with E-state index >= 15 is 0 Å². The number of fused-ring (bicyclic) bond motifs is 1. The molecule has 1 N–H and O–H groups in total. The van der Waals surface area contributed by atoms with E-state index in [2.05, 4.69) is 29.2 Å². The minimum atomic E-state index is 0.0292. The van der Waals surface area contributed by atoms with E-state index in [0.717, 1.165) is 35.1 Å². The number of carbonyl (C=O) groups is 1. The van der Waals surface area contributed by atoms with Crippen molar-refractivity contribution in [3.05, 3.63) is 54.5 Å². The lowest BCUT2D eigenvalue weighted by molar-refractivity contribution is -0.116. The molecule has 124 valence electrons. The van der Waals surface area contributed by atoms with E-state index in [9.17, 15) is 4.79 Å². The first kappa shape index (κ1) is 16.2. The van der Waals surface area contributed by atoms with E-state index in [-0.39, 0.29) is 5.91 Å². The molecule has 0 saturated heterocycles. The molecule has 3 rings (SSSR count). The number of amides is 1. The average Bonchev–Trinajstić information content (AvgIpc) is 2.99. The van der Waals surface area contributed by atoms with Crippen molar-refractivity contribution in [2.75, 3.05) is 5.32 Å². The van der Waals surface area contributed by atoms with Crippen LogP contribution < -0.4 is 5.32 Å². The molecule has 3 aromatic rings. The molecule has 0 aliphatic carbocycles.